The fourth-order valence-corrected chi connectivity index (χ4v) is 2.14. The van der Waals surface area contributed by atoms with Gasteiger partial charge in [0.15, 0.2) is 6.61 Å². The molecule has 0 fully saturated rings. The molecule has 1 amide bonds. The Balaban J connectivity index is 1.98. The fourth-order valence-electron chi connectivity index (χ4n) is 2.14. The standard InChI is InChI=1S/C19H20N2O4/c1-14-7-5-6-10-17(14)25-13-18(22)21-20-16(11-12-19(23)24)15-8-3-2-4-9-15/h2-10H,11-13H2,1H3,(H,21,22)(H,23,24)/b20-16-. The summed E-state index contributed by atoms with van der Waals surface area (Å²) in [5.41, 5.74) is 4.64. The summed E-state index contributed by atoms with van der Waals surface area (Å²) in [6, 6.07) is 16.5. The SMILES string of the molecule is Cc1ccccc1OCC(=O)N/N=C(/CCC(=O)O)c1ccccc1. The zero-order valence-electron chi connectivity index (χ0n) is 13.9. The molecule has 0 atom stereocenters. The van der Waals surface area contributed by atoms with Gasteiger partial charge in [-0.05, 0) is 24.1 Å². The van der Waals surface area contributed by atoms with Crippen molar-refractivity contribution < 1.29 is 19.4 Å². The number of hydrogen-bond donors (Lipinski definition) is 2. The second-order valence-corrected chi connectivity index (χ2v) is 5.41. The monoisotopic (exact) mass is 340 g/mol. The van der Waals surface area contributed by atoms with Crippen LogP contribution < -0.4 is 10.2 Å². The molecule has 0 aliphatic carbocycles. The lowest BCUT2D eigenvalue weighted by Crippen LogP contribution is -2.26. The second kappa shape index (κ2) is 9.22. The molecular formula is C19H20N2O4. The Bertz CT molecular complexity index is 757. The first-order valence-electron chi connectivity index (χ1n) is 7.87. The lowest BCUT2D eigenvalue weighted by atomic mass is 10.1. The van der Waals surface area contributed by atoms with E-state index in [1.165, 1.54) is 0 Å². The van der Waals surface area contributed by atoms with Crippen molar-refractivity contribution in [2.75, 3.05) is 6.61 Å². The number of nitrogens with one attached hydrogen (secondary N) is 1. The van der Waals surface area contributed by atoms with E-state index in [1.54, 1.807) is 6.07 Å². The van der Waals surface area contributed by atoms with Gasteiger partial charge >= 0.3 is 5.97 Å². The third kappa shape index (κ3) is 6.10. The van der Waals surface area contributed by atoms with E-state index >= 15 is 0 Å². The van der Waals surface area contributed by atoms with Crippen LogP contribution >= 0.6 is 0 Å². The summed E-state index contributed by atoms with van der Waals surface area (Å²) in [7, 11) is 0. The topological polar surface area (TPSA) is 88.0 Å². The number of benzene rings is 2. The smallest absolute Gasteiger partial charge is 0.303 e. The highest BCUT2D eigenvalue weighted by Crippen LogP contribution is 2.15. The minimum absolute atomic E-state index is 0.0662. The summed E-state index contributed by atoms with van der Waals surface area (Å²) >= 11 is 0. The highest BCUT2D eigenvalue weighted by molar-refractivity contribution is 6.02. The van der Waals surface area contributed by atoms with E-state index in [0.717, 1.165) is 11.1 Å². The maximum Gasteiger partial charge on any atom is 0.303 e. The fraction of sp³-hybridized carbons (Fsp3) is 0.211. The van der Waals surface area contributed by atoms with Gasteiger partial charge in [-0.1, -0.05) is 48.5 Å². The van der Waals surface area contributed by atoms with E-state index in [0.29, 0.717) is 11.5 Å². The average Bonchev–Trinajstić information content (AvgIpc) is 2.61. The molecule has 6 nitrogen and oxygen atoms in total. The molecule has 130 valence electrons. The van der Waals surface area contributed by atoms with Crippen LogP contribution in [0.3, 0.4) is 0 Å². The van der Waals surface area contributed by atoms with Crippen molar-refractivity contribution in [3.8, 4) is 5.75 Å². The minimum Gasteiger partial charge on any atom is -0.483 e. The van der Waals surface area contributed by atoms with E-state index < -0.39 is 11.9 Å². The van der Waals surface area contributed by atoms with Crippen LogP contribution in [0.5, 0.6) is 5.75 Å². The number of hydrogen-bond acceptors (Lipinski definition) is 4. The quantitative estimate of drug-likeness (QED) is 0.571. The first kappa shape index (κ1) is 18.2. The number of para-hydroxylation sites is 1. The van der Waals surface area contributed by atoms with Crippen LogP contribution in [-0.2, 0) is 9.59 Å². The number of carbonyl (C=O) groups is 2. The Morgan fingerprint density at radius 2 is 1.72 bits per heavy atom. The summed E-state index contributed by atoms with van der Waals surface area (Å²) in [5.74, 6) is -0.694. The van der Waals surface area contributed by atoms with Crippen LogP contribution in [0.4, 0.5) is 0 Å². The average molecular weight is 340 g/mol. The number of carboxylic acid groups (broad SMARTS) is 1. The Labute approximate surface area is 146 Å². The second-order valence-electron chi connectivity index (χ2n) is 5.41. The number of amides is 1. The van der Waals surface area contributed by atoms with Crippen molar-refractivity contribution in [3.05, 3.63) is 65.7 Å². The van der Waals surface area contributed by atoms with Gasteiger partial charge in [-0.2, -0.15) is 5.10 Å². The summed E-state index contributed by atoms with van der Waals surface area (Å²) in [5, 5.41) is 12.9. The first-order valence-corrected chi connectivity index (χ1v) is 7.87. The van der Waals surface area contributed by atoms with Crippen molar-refractivity contribution in [1.29, 1.82) is 0 Å². The molecule has 2 N–H and O–H groups in total. The largest absolute Gasteiger partial charge is 0.483 e. The molecule has 25 heavy (non-hydrogen) atoms. The van der Waals surface area contributed by atoms with Crippen LogP contribution in [0.25, 0.3) is 0 Å². The molecule has 2 aromatic carbocycles. The van der Waals surface area contributed by atoms with E-state index in [9.17, 15) is 9.59 Å². The Hall–Kier alpha value is -3.15. The van der Waals surface area contributed by atoms with Crippen molar-refractivity contribution in [2.24, 2.45) is 5.10 Å². The van der Waals surface area contributed by atoms with E-state index in [2.05, 4.69) is 10.5 Å². The van der Waals surface area contributed by atoms with Gasteiger partial charge in [-0.25, -0.2) is 5.43 Å². The zero-order chi connectivity index (χ0) is 18.1. The predicted octanol–water partition coefficient (Wildman–Crippen LogP) is 2.76. The summed E-state index contributed by atoms with van der Waals surface area (Å²) in [6.07, 6.45) is 0.154. The molecule has 6 heteroatoms. The number of aryl methyl sites for hydroxylation is 1. The normalized spacial score (nSPS) is 11.0. The molecule has 0 aliphatic heterocycles. The number of carboxylic acids is 1. The molecule has 2 aromatic rings. The summed E-state index contributed by atoms with van der Waals surface area (Å²) in [4.78, 5) is 22.7. The molecule has 0 aliphatic rings. The number of hydrazone groups is 1. The number of carbonyl (C=O) groups excluding carboxylic acids is 1. The van der Waals surface area contributed by atoms with Crippen LogP contribution in [0.1, 0.15) is 24.0 Å². The Kier molecular flexibility index (Phi) is 6.71. The Morgan fingerprint density at radius 3 is 2.40 bits per heavy atom. The third-order valence-electron chi connectivity index (χ3n) is 3.45. The summed E-state index contributed by atoms with van der Waals surface area (Å²) in [6.45, 7) is 1.72. The Morgan fingerprint density at radius 1 is 1.04 bits per heavy atom. The van der Waals surface area contributed by atoms with Crippen molar-refractivity contribution in [2.45, 2.75) is 19.8 Å². The number of ether oxygens (including phenoxy) is 1. The molecule has 0 unspecified atom stereocenters. The molecule has 0 aromatic heterocycles. The zero-order valence-corrected chi connectivity index (χ0v) is 13.9. The number of aliphatic carboxylic acids is 1. The highest BCUT2D eigenvalue weighted by Gasteiger charge is 2.09. The van der Waals surface area contributed by atoms with Gasteiger partial charge in [-0.15, -0.1) is 0 Å². The van der Waals surface area contributed by atoms with Gasteiger partial charge in [-0.3, -0.25) is 9.59 Å². The number of nitrogens with zero attached hydrogens (tertiary/aromatic N) is 1. The minimum atomic E-state index is -0.919. The molecule has 0 spiro atoms. The van der Waals surface area contributed by atoms with Crippen LogP contribution in [0.15, 0.2) is 59.7 Å². The molecule has 0 bridgehead atoms. The van der Waals surface area contributed by atoms with Gasteiger partial charge in [0.25, 0.3) is 5.91 Å². The van der Waals surface area contributed by atoms with Crippen LogP contribution in [0.2, 0.25) is 0 Å². The van der Waals surface area contributed by atoms with Gasteiger partial charge < -0.3 is 9.84 Å². The van der Waals surface area contributed by atoms with Gasteiger partial charge in [0.2, 0.25) is 0 Å². The predicted molar refractivity (Wildman–Crippen MR) is 94.7 cm³/mol. The van der Waals surface area contributed by atoms with Gasteiger partial charge in [0.05, 0.1) is 12.1 Å². The lowest BCUT2D eigenvalue weighted by molar-refractivity contribution is -0.136. The first-order chi connectivity index (χ1) is 12.1. The third-order valence-corrected chi connectivity index (χ3v) is 3.45. The maximum atomic E-state index is 11.9. The van der Waals surface area contributed by atoms with Gasteiger partial charge in [0, 0.05) is 6.42 Å². The molecular weight excluding hydrogens is 320 g/mol. The number of rotatable bonds is 8. The van der Waals surface area contributed by atoms with Gasteiger partial charge in [0.1, 0.15) is 5.75 Å². The van der Waals surface area contributed by atoms with E-state index in [-0.39, 0.29) is 19.4 Å². The van der Waals surface area contributed by atoms with E-state index in [1.807, 2.05) is 55.5 Å². The van der Waals surface area contributed by atoms with Crippen LogP contribution in [0, 0.1) is 6.92 Å². The van der Waals surface area contributed by atoms with Crippen molar-refractivity contribution >= 4 is 17.6 Å². The lowest BCUT2D eigenvalue weighted by Gasteiger charge is -2.09. The maximum absolute atomic E-state index is 11.9. The molecule has 0 radical (unpaired) electrons. The van der Waals surface area contributed by atoms with Crippen molar-refractivity contribution in [3.63, 3.8) is 0 Å². The highest BCUT2D eigenvalue weighted by atomic mass is 16.5. The van der Waals surface area contributed by atoms with Crippen LogP contribution in [-0.4, -0.2) is 29.3 Å². The molecule has 0 saturated carbocycles. The summed E-state index contributed by atoms with van der Waals surface area (Å²) < 4.78 is 5.46. The van der Waals surface area contributed by atoms with Crippen molar-refractivity contribution in [1.82, 2.24) is 5.43 Å². The molecule has 0 heterocycles. The molecule has 2 rings (SSSR count). The van der Waals surface area contributed by atoms with E-state index in [4.69, 9.17) is 9.84 Å². The molecule has 0 saturated heterocycles.